The zero-order chi connectivity index (χ0) is 27.2. The molecule has 0 unspecified atom stereocenters. The number of aliphatic hydroxyl groups excluding tert-OH is 1. The molecule has 0 atom stereocenters. The number of methoxy groups -OCH3 is 1. The summed E-state index contributed by atoms with van der Waals surface area (Å²) in [6.07, 6.45) is 8.94. The van der Waals surface area contributed by atoms with Crippen molar-refractivity contribution in [3.8, 4) is 0 Å². The van der Waals surface area contributed by atoms with E-state index >= 15 is 0 Å². The number of ether oxygens (including phenoxy) is 1. The zero-order valence-electron chi connectivity index (χ0n) is 21.3. The van der Waals surface area contributed by atoms with Gasteiger partial charge in [-0.15, -0.1) is 0 Å². The number of carbonyl (C=O) groups is 3. The first-order chi connectivity index (χ1) is 18.4. The first-order valence-electron chi connectivity index (χ1n) is 12.3. The maximum absolute atomic E-state index is 13.5. The highest BCUT2D eigenvalue weighted by Gasteiger charge is 2.31. The Morgan fingerprint density at radius 3 is 2.82 bits per heavy atom. The number of nitrogens with zero attached hydrogens (tertiary/aromatic N) is 2. The molecule has 0 bridgehead atoms. The first-order valence-corrected chi connectivity index (χ1v) is 12.3. The fourth-order valence-electron chi connectivity index (χ4n) is 4.85. The van der Waals surface area contributed by atoms with Gasteiger partial charge in [-0.1, -0.05) is 18.7 Å². The number of amides is 2. The van der Waals surface area contributed by atoms with E-state index in [4.69, 9.17) is 15.6 Å². The van der Waals surface area contributed by atoms with Crippen LogP contribution in [0.2, 0.25) is 0 Å². The molecule has 2 aliphatic rings. The Labute approximate surface area is 219 Å². The Morgan fingerprint density at radius 2 is 2.13 bits per heavy atom. The molecule has 0 radical (unpaired) electrons. The van der Waals surface area contributed by atoms with Gasteiger partial charge in [-0.3, -0.25) is 19.4 Å². The van der Waals surface area contributed by atoms with E-state index in [-0.39, 0.29) is 40.7 Å². The molecule has 1 aliphatic carbocycles. The molecular formula is C28H31N5O5. The standard InChI is InChI=1S/C28H31N5O5/c1-3-22(38-2)23-20(15-32-25(23)24(29)27(36)31-12-14-34)26(35)28(37)33-13-10-18-17(16-33)7-6-8-19(18)21-9-4-5-11-30-21/h3-5,8-9,11,15,32,34H,1,6-7,10,12-14,16,29H2,2H3,(H,31,36)/b23-22+,25-24+. The molecule has 1 aliphatic heterocycles. The third kappa shape index (κ3) is 5.16. The summed E-state index contributed by atoms with van der Waals surface area (Å²) >= 11 is 0. The molecule has 4 rings (SSSR count). The summed E-state index contributed by atoms with van der Waals surface area (Å²) in [6, 6.07) is 5.80. The molecule has 38 heavy (non-hydrogen) atoms. The number of Topliss-reactive ketones (excluding diaryl/α,β-unsaturated/α-hetero) is 1. The molecule has 2 aromatic heterocycles. The van der Waals surface area contributed by atoms with E-state index < -0.39 is 17.6 Å². The Bertz CT molecular complexity index is 1450. The average Bonchev–Trinajstić information content (AvgIpc) is 3.40. The van der Waals surface area contributed by atoms with Crippen LogP contribution in [0.5, 0.6) is 0 Å². The van der Waals surface area contributed by atoms with Crippen LogP contribution in [-0.4, -0.2) is 70.9 Å². The van der Waals surface area contributed by atoms with Crippen LogP contribution < -0.4 is 21.6 Å². The summed E-state index contributed by atoms with van der Waals surface area (Å²) in [5, 5.41) is 11.7. The van der Waals surface area contributed by atoms with E-state index in [9.17, 15) is 14.4 Å². The van der Waals surface area contributed by atoms with Crippen LogP contribution in [-0.2, 0) is 14.3 Å². The van der Waals surface area contributed by atoms with Gasteiger partial charge < -0.3 is 30.8 Å². The third-order valence-corrected chi connectivity index (χ3v) is 6.67. The number of nitrogens with one attached hydrogen (secondary N) is 2. The normalized spacial score (nSPS) is 16.7. The number of hydrogen-bond acceptors (Lipinski definition) is 7. The van der Waals surface area contributed by atoms with Crippen molar-refractivity contribution in [2.24, 2.45) is 5.73 Å². The van der Waals surface area contributed by atoms with Gasteiger partial charge in [-0.05, 0) is 54.2 Å². The highest BCUT2D eigenvalue weighted by atomic mass is 16.5. The Balaban J connectivity index is 1.66. The number of ketones is 1. The summed E-state index contributed by atoms with van der Waals surface area (Å²) in [6.45, 7) is 4.21. The summed E-state index contributed by atoms with van der Waals surface area (Å²) in [5.74, 6) is -1.86. The number of aromatic nitrogens is 2. The van der Waals surface area contributed by atoms with Gasteiger partial charge >= 0.3 is 0 Å². The summed E-state index contributed by atoms with van der Waals surface area (Å²) < 4.78 is 5.38. The minimum Gasteiger partial charge on any atom is -0.496 e. The van der Waals surface area contributed by atoms with Gasteiger partial charge in [-0.25, -0.2) is 0 Å². The minimum absolute atomic E-state index is 0.00614. The number of carbonyl (C=O) groups excluding carboxylic acids is 3. The Hall–Kier alpha value is -4.44. The minimum atomic E-state index is -0.747. The van der Waals surface area contributed by atoms with Crippen LogP contribution in [0.25, 0.3) is 17.0 Å². The van der Waals surface area contributed by atoms with Crippen molar-refractivity contribution in [2.75, 3.05) is 33.4 Å². The van der Waals surface area contributed by atoms with Crippen LogP contribution in [0.15, 0.2) is 60.5 Å². The van der Waals surface area contributed by atoms with Crippen molar-refractivity contribution in [3.05, 3.63) is 82.3 Å². The lowest BCUT2D eigenvalue weighted by molar-refractivity contribution is -0.126. The average molecular weight is 518 g/mol. The maximum atomic E-state index is 13.5. The van der Waals surface area contributed by atoms with Gasteiger partial charge in [0.1, 0.15) is 11.5 Å². The van der Waals surface area contributed by atoms with E-state index in [1.807, 2.05) is 18.2 Å². The second-order valence-electron chi connectivity index (χ2n) is 8.88. The molecule has 0 aromatic carbocycles. The van der Waals surface area contributed by atoms with Crippen molar-refractivity contribution in [3.63, 3.8) is 0 Å². The molecule has 0 saturated heterocycles. The summed E-state index contributed by atoms with van der Waals surface area (Å²) in [7, 11) is 1.39. The number of rotatable bonds is 8. The van der Waals surface area contributed by atoms with E-state index in [2.05, 4.69) is 27.9 Å². The van der Waals surface area contributed by atoms with Gasteiger partial charge in [0.25, 0.3) is 17.6 Å². The molecule has 10 nitrogen and oxygen atoms in total. The van der Waals surface area contributed by atoms with Crippen LogP contribution >= 0.6 is 0 Å². The van der Waals surface area contributed by atoms with E-state index in [0.29, 0.717) is 19.5 Å². The van der Waals surface area contributed by atoms with Gasteiger partial charge in [0.05, 0.1) is 35.5 Å². The van der Waals surface area contributed by atoms with Gasteiger partial charge in [0.2, 0.25) is 0 Å². The van der Waals surface area contributed by atoms with E-state index in [1.54, 1.807) is 11.1 Å². The van der Waals surface area contributed by atoms with E-state index in [1.165, 1.54) is 25.0 Å². The molecule has 2 aromatic rings. The van der Waals surface area contributed by atoms with Crippen LogP contribution in [0.4, 0.5) is 0 Å². The second kappa shape index (κ2) is 11.7. The van der Waals surface area contributed by atoms with Crippen LogP contribution in [0.1, 0.15) is 35.3 Å². The SMILES string of the molecule is C=C/C(OC)=c1/c(C(=O)C(=O)N2CCC3=C(CCC=C3c3ccccn3)C2)c[nH]/c1=C(/N)C(=O)NCCO. The lowest BCUT2D eigenvalue weighted by atomic mass is 9.84. The molecule has 2 amide bonds. The van der Waals surface area contributed by atoms with Gasteiger partial charge in [0, 0.05) is 32.0 Å². The number of aromatic amines is 1. The van der Waals surface area contributed by atoms with Crippen LogP contribution in [0.3, 0.4) is 0 Å². The van der Waals surface area contributed by atoms with Gasteiger partial charge in [0.15, 0.2) is 0 Å². The number of nitrogens with two attached hydrogens (primary N) is 1. The number of pyridine rings is 1. The number of allylic oxidation sites excluding steroid dienone is 2. The topological polar surface area (TPSA) is 151 Å². The fraction of sp³-hybridized carbons (Fsp3) is 0.286. The van der Waals surface area contributed by atoms with Gasteiger partial charge in [-0.2, -0.15) is 0 Å². The van der Waals surface area contributed by atoms with E-state index in [0.717, 1.165) is 29.7 Å². The fourth-order valence-corrected chi connectivity index (χ4v) is 4.85. The van der Waals surface area contributed by atoms with Crippen LogP contribution in [0, 0.1) is 0 Å². The summed E-state index contributed by atoms with van der Waals surface area (Å²) in [5.41, 5.74) is 10.2. The monoisotopic (exact) mass is 517 g/mol. The van der Waals surface area contributed by atoms with Crippen molar-refractivity contribution >= 4 is 34.6 Å². The molecule has 10 heteroatoms. The predicted octanol–water partition coefficient (Wildman–Crippen LogP) is 0.115. The lowest BCUT2D eigenvalue weighted by Gasteiger charge is -2.33. The second-order valence-corrected chi connectivity index (χ2v) is 8.88. The van der Waals surface area contributed by atoms with Crippen molar-refractivity contribution in [1.29, 1.82) is 0 Å². The lowest BCUT2D eigenvalue weighted by Crippen LogP contribution is -2.44. The number of H-pyrrole nitrogens is 1. The van der Waals surface area contributed by atoms with Crippen molar-refractivity contribution in [1.82, 2.24) is 20.2 Å². The largest absolute Gasteiger partial charge is 0.496 e. The number of hydrogen-bond donors (Lipinski definition) is 4. The molecule has 0 saturated carbocycles. The maximum Gasteiger partial charge on any atom is 0.295 e. The first kappa shape index (κ1) is 26.6. The molecule has 0 fully saturated rings. The van der Waals surface area contributed by atoms with Crippen molar-refractivity contribution < 1.29 is 24.2 Å². The number of aliphatic hydroxyl groups is 1. The third-order valence-electron chi connectivity index (χ3n) is 6.67. The molecular weight excluding hydrogens is 486 g/mol. The highest BCUT2D eigenvalue weighted by Crippen LogP contribution is 2.36. The highest BCUT2D eigenvalue weighted by molar-refractivity contribution is 6.42. The summed E-state index contributed by atoms with van der Waals surface area (Å²) in [4.78, 5) is 48.2. The molecule has 3 heterocycles. The smallest absolute Gasteiger partial charge is 0.295 e. The predicted molar refractivity (Wildman–Crippen MR) is 142 cm³/mol. The zero-order valence-corrected chi connectivity index (χ0v) is 21.3. The Kier molecular flexibility index (Phi) is 8.22. The van der Waals surface area contributed by atoms with Crippen molar-refractivity contribution in [2.45, 2.75) is 19.3 Å². The Morgan fingerprint density at radius 1 is 1.32 bits per heavy atom. The molecule has 5 N–H and O–H groups in total. The quantitative estimate of drug-likeness (QED) is 0.287. The molecule has 198 valence electrons. The molecule has 0 spiro atoms.